The molecule has 19 heavy (non-hydrogen) atoms. The number of pyridine rings is 1. The normalized spacial score (nSPS) is 10.6. The highest BCUT2D eigenvalue weighted by molar-refractivity contribution is 6.03. The number of aromatic nitrogens is 1. The number of rotatable bonds is 3. The van der Waals surface area contributed by atoms with Gasteiger partial charge >= 0.3 is 0 Å². The number of hydrogen-bond donors (Lipinski definition) is 2. The third kappa shape index (κ3) is 3.67. The van der Waals surface area contributed by atoms with Crippen molar-refractivity contribution in [2.75, 3.05) is 11.1 Å². The number of nitrogens with zero attached hydrogens (tertiary/aromatic N) is 1. The quantitative estimate of drug-likeness (QED) is 0.652. The summed E-state index contributed by atoms with van der Waals surface area (Å²) in [6.45, 7) is 1.95. The van der Waals surface area contributed by atoms with Crippen LogP contribution in [0.15, 0.2) is 48.8 Å². The van der Waals surface area contributed by atoms with Gasteiger partial charge < -0.3 is 11.1 Å². The average molecular weight is 253 g/mol. The molecule has 4 heteroatoms. The summed E-state index contributed by atoms with van der Waals surface area (Å²) in [5.74, 6) is -0.223. The highest BCUT2D eigenvalue weighted by Crippen LogP contribution is 2.19. The van der Waals surface area contributed by atoms with Crippen molar-refractivity contribution in [2.24, 2.45) is 0 Å². The molecule has 1 amide bonds. The standard InChI is InChI=1S/C15H15N3O/c1-11-4-6-14(13(16)9-11)18-15(19)7-5-12-3-2-8-17-10-12/h2-10H,16H2,1H3,(H,18,19)/b7-5+. The van der Waals surface area contributed by atoms with Crippen molar-refractivity contribution in [1.29, 1.82) is 0 Å². The van der Waals surface area contributed by atoms with Crippen molar-refractivity contribution in [3.05, 3.63) is 59.9 Å². The molecule has 3 N–H and O–H groups in total. The summed E-state index contributed by atoms with van der Waals surface area (Å²) < 4.78 is 0. The third-order valence-electron chi connectivity index (χ3n) is 2.58. The molecular formula is C15H15N3O. The van der Waals surface area contributed by atoms with E-state index in [-0.39, 0.29) is 5.91 Å². The Hall–Kier alpha value is -2.62. The van der Waals surface area contributed by atoms with Crippen LogP contribution in [0.1, 0.15) is 11.1 Å². The summed E-state index contributed by atoms with van der Waals surface area (Å²) >= 11 is 0. The van der Waals surface area contributed by atoms with Crippen LogP contribution in [0.5, 0.6) is 0 Å². The lowest BCUT2D eigenvalue weighted by molar-refractivity contribution is -0.111. The van der Waals surface area contributed by atoms with Gasteiger partial charge in [0.15, 0.2) is 0 Å². The van der Waals surface area contributed by atoms with Gasteiger partial charge in [0.1, 0.15) is 0 Å². The topological polar surface area (TPSA) is 68.0 Å². The second kappa shape index (κ2) is 5.82. The molecule has 0 radical (unpaired) electrons. The molecule has 1 aromatic carbocycles. The number of hydrogen-bond acceptors (Lipinski definition) is 3. The van der Waals surface area contributed by atoms with Crippen molar-refractivity contribution in [3.63, 3.8) is 0 Å². The lowest BCUT2D eigenvalue weighted by Crippen LogP contribution is -2.09. The van der Waals surface area contributed by atoms with E-state index in [1.165, 1.54) is 6.08 Å². The number of nitrogens with one attached hydrogen (secondary N) is 1. The lowest BCUT2D eigenvalue weighted by atomic mass is 10.2. The number of nitrogen functional groups attached to an aromatic ring is 1. The molecule has 2 rings (SSSR count). The van der Waals surface area contributed by atoms with E-state index in [2.05, 4.69) is 10.3 Å². The molecule has 0 aliphatic rings. The lowest BCUT2D eigenvalue weighted by Gasteiger charge is -2.06. The maximum Gasteiger partial charge on any atom is 0.248 e. The first-order valence-corrected chi connectivity index (χ1v) is 5.90. The van der Waals surface area contributed by atoms with Gasteiger partial charge in [0, 0.05) is 18.5 Å². The maximum atomic E-state index is 11.7. The summed E-state index contributed by atoms with van der Waals surface area (Å²) in [6.07, 6.45) is 6.53. The number of aryl methyl sites for hydroxylation is 1. The number of nitrogens with two attached hydrogens (primary N) is 1. The van der Waals surface area contributed by atoms with Crippen LogP contribution in [-0.4, -0.2) is 10.9 Å². The fraction of sp³-hybridized carbons (Fsp3) is 0.0667. The van der Waals surface area contributed by atoms with Crippen LogP contribution in [0.4, 0.5) is 11.4 Å². The van der Waals surface area contributed by atoms with E-state index in [9.17, 15) is 4.79 Å². The second-order valence-corrected chi connectivity index (χ2v) is 4.20. The molecule has 2 aromatic rings. The SMILES string of the molecule is Cc1ccc(NC(=O)/C=C/c2cccnc2)c(N)c1. The number of benzene rings is 1. The van der Waals surface area contributed by atoms with Crippen LogP contribution in [0, 0.1) is 6.92 Å². The molecule has 0 unspecified atom stereocenters. The van der Waals surface area contributed by atoms with Gasteiger partial charge in [-0.25, -0.2) is 0 Å². The minimum absolute atomic E-state index is 0.223. The summed E-state index contributed by atoms with van der Waals surface area (Å²) in [5, 5.41) is 2.74. The molecule has 0 saturated carbocycles. The van der Waals surface area contributed by atoms with Gasteiger partial charge in [-0.2, -0.15) is 0 Å². The third-order valence-corrected chi connectivity index (χ3v) is 2.58. The zero-order valence-corrected chi connectivity index (χ0v) is 10.6. The van der Waals surface area contributed by atoms with Crippen molar-refractivity contribution in [2.45, 2.75) is 6.92 Å². The van der Waals surface area contributed by atoms with Crippen LogP contribution < -0.4 is 11.1 Å². The zero-order chi connectivity index (χ0) is 13.7. The number of carbonyl (C=O) groups is 1. The van der Waals surface area contributed by atoms with Crippen molar-refractivity contribution >= 4 is 23.4 Å². The molecule has 96 valence electrons. The minimum atomic E-state index is -0.223. The Balaban J connectivity index is 2.04. The predicted molar refractivity (Wildman–Crippen MR) is 77.5 cm³/mol. The Morgan fingerprint density at radius 2 is 2.21 bits per heavy atom. The Labute approximate surface area is 112 Å². The van der Waals surface area contributed by atoms with Crippen LogP contribution >= 0.6 is 0 Å². The van der Waals surface area contributed by atoms with Crippen LogP contribution in [0.25, 0.3) is 6.08 Å². The van der Waals surface area contributed by atoms with Gasteiger partial charge in [0.25, 0.3) is 0 Å². The van der Waals surface area contributed by atoms with Crippen LogP contribution in [-0.2, 0) is 4.79 Å². The van der Waals surface area contributed by atoms with Gasteiger partial charge in [0.05, 0.1) is 11.4 Å². The van der Waals surface area contributed by atoms with Crippen LogP contribution in [0.2, 0.25) is 0 Å². The van der Waals surface area contributed by atoms with Crippen LogP contribution in [0.3, 0.4) is 0 Å². The number of carbonyl (C=O) groups excluding carboxylic acids is 1. The Bertz CT molecular complexity index is 606. The van der Waals surface area contributed by atoms with E-state index in [1.54, 1.807) is 24.5 Å². The van der Waals surface area contributed by atoms with E-state index in [0.717, 1.165) is 11.1 Å². The van der Waals surface area contributed by atoms with E-state index < -0.39 is 0 Å². The van der Waals surface area contributed by atoms with Gasteiger partial charge in [-0.1, -0.05) is 12.1 Å². The van der Waals surface area contributed by atoms with E-state index in [0.29, 0.717) is 11.4 Å². The highest BCUT2D eigenvalue weighted by Gasteiger charge is 2.02. The number of anilines is 2. The molecule has 0 saturated heterocycles. The molecule has 1 aromatic heterocycles. The monoisotopic (exact) mass is 253 g/mol. The molecule has 0 fully saturated rings. The first-order valence-electron chi connectivity index (χ1n) is 5.90. The summed E-state index contributed by atoms with van der Waals surface area (Å²) in [7, 11) is 0. The highest BCUT2D eigenvalue weighted by atomic mass is 16.1. The molecule has 0 bridgehead atoms. The van der Waals surface area contributed by atoms with Crippen molar-refractivity contribution in [1.82, 2.24) is 4.98 Å². The van der Waals surface area contributed by atoms with E-state index >= 15 is 0 Å². The zero-order valence-electron chi connectivity index (χ0n) is 10.6. The van der Waals surface area contributed by atoms with Gasteiger partial charge in [-0.15, -0.1) is 0 Å². The fourth-order valence-corrected chi connectivity index (χ4v) is 1.62. The summed E-state index contributed by atoms with van der Waals surface area (Å²) in [4.78, 5) is 15.7. The molecule has 0 spiro atoms. The molecule has 1 heterocycles. The molecule has 0 atom stereocenters. The Morgan fingerprint density at radius 3 is 2.89 bits per heavy atom. The summed E-state index contributed by atoms with van der Waals surface area (Å²) in [5.41, 5.74) is 8.93. The fourth-order valence-electron chi connectivity index (χ4n) is 1.62. The van der Waals surface area contributed by atoms with E-state index in [1.807, 2.05) is 31.2 Å². The molecular weight excluding hydrogens is 238 g/mol. The largest absolute Gasteiger partial charge is 0.397 e. The van der Waals surface area contributed by atoms with Crippen molar-refractivity contribution < 1.29 is 4.79 Å². The van der Waals surface area contributed by atoms with E-state index in [4.69, 9.17) is 5.73 Å². The number of amides is 1. The second-order valence-electron chi connectivity index (χ2n) is 4.20. The molecule has 4 nitrogen and oxygen atoms in total. The smallest absolute Gasteiger partial charge is 0.248 e. The van der Waals surface area contributed by atoms with Gasteiger partial charge in [0.2, 0.25) is 5.91 Å². The Morgan fingerprint density at radius 1 is 1.37 bits per heavy atom. The Kier molecular flexibility index (Phi) is 3.93. The summed E-state index contributed by atoms with van der Waals surface area (Å²) in [6, 6.07) is 9.20. The first kappa shape index (κ1) is 12.8. The first-order chi connectivity index (χ1) is 9.15. The molecule has 0 aliphatic heterocycles. The van der Waals surface area contributed by atoms with Crippen molar-refractivity contribution in [3.8, 4) is 0 Å². The van der Waals surface area contributed by atoms with Gasteiger partial charge in [-0.3, -0.25) is 9.78 Å². The average Bonchev–Trinajstić information content (AvgIpc) is 2.41. The molecule has 0 aliphatic carbocycles. The maximum absolute atomic E-state index is 11.7. The minimum Gasteiger partial charge on any atom is -0.397 e. The van der Waals surface area contributed by atoms with Gasteiger partial charge in [-0.05, 0) is 42.3 Å². The predicted octanol–water partition coefficient (Wildman–Crippen LogP) is 2.62.